The van der Waals surface area contributed by atoms with Crippen LogP contribution in [0.5, 0.6) is 0 Å². The molecule has 0 fully saturated rings. The van der Waals surface area contributed by atoms with Crippen LogP contribution < -0.4 is 0 Å². The molecular formula is C12H17NO3S. The van der Waals surface area contributed by atoms with Crippen molar-refractivity contribution in [1.82, 2.24) is 4.98 Å². The number of aromatic nitrogens is 1. The van der Waals surface area contributed by atoms with Gasteiger partial charge in [0.2, 0.25) is 0 Å². The molecule has 0 atom stereocenters. The SMILES string of the molecule is CCc1cccnc1C(=O)CCCS(C)(=O)=O. The molecule has 0 aliphatic carbocycles. The minimum absolute atomic E-state index is 0.0486. The van der Waals surface area contributed by atoms with E-state index in [0.717, 1.165) is 12.0 Å². The minimum atomic E-state index is -2.99. The van der Waals surface area contributed by atoms with Crippen LogP contribution in [0, 0.1) is 0 Å². The molecule has 0 bridgehead atoms. The molecule has 4 nitrogen and oxygen atoms in total. The average molecular weight is 255 g/mol. The largest absolute Gasteiger partial charge is 0.292 e. The van der Waals surface area contributed by atoms with Crippen LogP contribution >= 0.6 is 0 Å². The number of Topliss-reactive ketones (excluding diaryl/α,β-unsaturated/α-hetero) is 1. The molecule has 0 aliphatic rings. The molecule has 0 spiro atoms. The third-order valence-electron chi connectivity index (χ3n) is 2.46. The van der Waals surface area contributed by atoms with Crippen LogP contribution in [0.2, 0.25) is 0 Å². The summed E-state index contributed by atoms with van der Waals surface area (Å²) in [4.78, 5) is 15.9. The van der Waals surface area contributed by atoms with Crippen LogP contribution in [0.4, 0.5) is 0 Å². The van der Waals surface area contributed by atoms with E-state index in [1.807, 2.05) is 13.0 Å². The van der Waals surface area contributed by atoms with E-state index in [4.69, 9.17) is 0 Å². The summed E-state index contributed by atoms with van der Waals surface area (Å²) >= 11 is 0. The van der Waals surface area contributed by atoms with Gasteiger partial charge in [-0.1, -0.05) is 13.0 Å². The van der Waals surface area contributed by atoms with Crippen molar-refractivity contribution in [3.8, 4) is 0 Å². The Morgan fingerprint density at radius 3 is 2.71 bits per heavy atom. The molecule has 1 heterocycles. The van der Waals surface area contributed by atoms with Crippen LogP contribution in [0.1, 0.15) is 35.8 Å². The summed E-state index contributed by atoms with van der Waals surface area (Å²) in [6.07, 6.45) is 4.11. The second-order valence-electron chi connectivity index (χ2n) is 4.02. The van der Waals surface area contributed by atoms with Crippen molar-refractivity contribution in [1.29, 1.82) is 0 Å². The second kappa shape index (κ2) is 5.91. The monoisotopic (exact) mass is 255 g/mol. The van der Waals surface area contributed by atoms with E-state index in [1.165, 1.54) is 6.26 Å². The smallest absolute Gasteiger partial charge is 0.181 e. The van der Waals surface area contributed by atoms with Crippen molar-refractivity contribution in [2.45, 2.75) is 26.2 Å². The van der Waals surface area contributed by atoms with Crippen LogP contribution in [0.3, 0.4) is 0 Å². The molecule has 5 heteroatoms. The van der Waals surface area contributed by atoms with Crippen molar-refractivity contribution in [2.75, 3.05) is 12.0 Å². The van der Waals surface area contributed by atoms with Gasteiger partial charge in [0, 0.05) is 18.9 Å². The Morgan fingerprint density at radius 1 is 1.41 bits per heavy atom. The number of ketones is 1. The highest BCUT2D eigenvalue weighted by molar-refractivity contribution is 7.90. The molecule has 17 heavy (non-hydrogen) atoms. The van der Waals surface area contributed by atoms with E-state index >= 15 is 0 Å². The average Bonchev–Trinajstić information content (AvgIpc) is 2.27. The number of pyridine rings is 1. The van der Waals surface area contributed by atoms with Gasteiger partial charge in [0.05, 0.1) is 5.75 Å². The zero-order chi connectivity index (χ0) is 12.9. The number of nitrogens with zero attached hydrogens (tertiary/aromatic N) is 1. The maximum Gasteiger partial charge on any atom is 0.181 e. The molecule has 0 saturated heterocycles. The van der Waals surface area contributed by atoms with Crippen molar-refractivity contribution in [3.05, 3.63) is 29.6 Å². The Kier molecular flexibility index (Phi) is 4.81. The lowest BCUT2D eigenvalue weighted by Crippen LogP contribution is -2.09. The number of hydrogen-bond donors (Lipinski definition) is 0. The van der Waals surface area contributed by atoms with Gasteiger partial charge in [-0.15, -0.1) is 0 Å². The molecular weight excluding hydrogens is 238 g/mol. The van der Waals surface area contributed by atoms with Gasteiger partial charge in [-0.3, -0.25) is 9.78 Å². The Bertz CT molecular complexity index is 494. The van der Waals surface area contributed by atoms with Crippen molar-refractivity contribution >= 4 is 15.6 Å². The van der Waals surface area contributed by atoms with Crippen molar-refractivity contribution in [3.63, 3.8) is 0 Å². The lowest BCUT2D eigenvalue weighted by molar-refractivity contribution is 0.0976. The summed E-state index contributed by atoms with van der Waals surface area (Å²) in [6, 6.07) is 3.67. The fourth-order valence-corrected chi connectivity index (χ4v) is 2.26. The summed E-state index contributed by atoms with van der Waals surface area (Å²) < 4.78 is 21.9. The summed E-state index contributed by atoms with van der Waals surface area (Å²) in [6.45, 7) is 1.96. The highest BCUT2D eigenvalue weighted by Gasteiger charge is 2.12. The number of aryl methyl sites for hydroxylation is 1. The number of sulfone groups is 1. The van der Waals surface area contributed by atoms with E-state index in [9.17, 15) is 13.2 Å². The molecule has 1 rings (SSSR count). The highest BCUT2D eigenvalue weighted by Crippen LogP contribution is 2.10. The lowest BCUT2D eigenvalue weighted by Gasteiger charge is -2.04. The topological polar surface area (TPSA) is 64.1 Å². The summed E-state index contributed by atoms with van der Waals surface area (Å²) in [5.74, 6) is -0.0290. The van der Waals surface area contributed by atoms with Gasteiger partial charge in [-0.05, 0) is 24.5 Å². The maximum absolute atomic E-state index is 11.9. The zero-order valence-electron chi connectivity index (χ0n) is 10.1. The predicted molar refractivity (Wildman–Crippen MR) is 66.9 cm³/mol. The summed E-state index contributed by atoms with van der Waals surface area (Å²) in [7, 11) is -2.99. The number of hydrogen-bond acceptors (Lipinski definition) is 4. The normalized spacial score (nSPS) is 11.4. The quantitative estimate of drug-likeness (QED) is 0.725. The Morgan fingerprint density at radius 2 is 2.12 bits per heavy atom. The van der Waals surface area contributed by atoms with Crippen molar-refractivity contribution < 1.29 is 13.2 Å². The lowest BCUT2D eigenvalue weighted by atomic mass is 10.1. The van der Waals surface area contributed by atoms with Gasteiger partial charge in [0.15, 0.2) is 5.78 Å². The fourth-order valence-electron chi connectivity index (χ4n) is 1.59. The van der Waals surface area contributed by atoms with E-state index in [-0.39, 0.29) is 18.0 Å². The first-order chi connectivity index (χ1) is 7.94. The van der Waals surface area contributed by atoms with E-state index in [0.29, 0.717) is 12.1 Å². The number of carbonyl (C=O) groups excluding carboxylic acids is 1. The van der Waals surface area contributed by atoms with Crippen LogP contribution in [-0.4, -0.2) is 31.2 Å². The molecule has 1 aromatic rings. The van der Waals surface area contributed by atoms with E-state index in [1.54, 1.807) is 12.3 Å². The summed E-state index contributed by atoms with van der Waals surface area (Å²) in [5.41, 5.74) is 1.39. The first-order valence-electron chi connectivity index (χ1n) is 5.59. The molecule has 94 valence electrons. The highest BCUT2D eigenvalue weighted by atomic mass is 32.2. The zero-order valence-corrected chi connectivity index (χ0v) is 11.0. The van der Waals surface area contributed by atoms with Crippen LogP contribution in [0.25, 0.3) is 0 Å². The van der Waals surface area contributed by atoms with Gasteiger partial charge >= 0.3 is 0 Å². The standard InChI is InChI=1S/C12H17NO3S/c1-3-10-6-4-8-13-12(10)11(14)7-5-9-17(2,15)16/h4,6,8H,3,5,7,9H2,1-2H3. The number of rotatable bonds is 6. The second-order valence-corrected chi connectivity index (χ2v) is 6.28. The Balaban J connectivity index is 2.64. The molecule has 0 N–H and O–H groups in total. The van der Waals surface area contributed by atoms with E-state index in [2.05, 4.69) is 4.98 Å². The molecule has 0 unspecified atom stereocenters. The molecule has 0 saturated carbocycles. The maximum atomic E-state index is 11.9. The first kappa shape index (κ1) is 13.8. The fraction of sp³-hybridized carbons (Fsp3) is 0.500. The Hall–Kier alpha value is -1.23. The van der Waals surface area contributed by atoms with Gasteiger partial charge < -0.3 is 0 Å². The van der Waals surface area contributed by atoms with Gasteiger partial charge in [-0.25, -0.2) is 8.42 Å². The van der Waals surface area contributed by atoms with Gasteiger partial charge in [0.25, 0.3) is 0 Å². The Labute approximate surface area is 102 Å². The third kappa shape index (κ3) is 4.65. The molecule has 0 aliphatic heterocycles. The molecule has 0 aromatic carbocycles. The van der Waals surface area contributed by atoms with Gasteiger partial charge in [0.1, 0.15) is 15.5 Å². The molecule has 0 amide bonds. The van der Waals surface area contributed by atoms with Gasteiger partial charge in [-0.2, -0.15) is 0 Å². The summed E-state index contributed by atoms with van der Waals surface area (Å²) in [5, 5.41) is 0. The predicted octanol–water partition coefficient (Wildman–Crippen LogP) is 1.65. The minimum Gasteiger partial charge on any atom is -0.292 e. The third-order valence-corrected chi connectivity index (χ3v) is 3.49. The molecule has 1 aromatic heterocycles. The van der Waals surface area contributed by atoms with Crippen molar-refractivity contribution in [2.24, 2.45) is 0 Å². The van der Waals surface area contributed by atoms with Crippen LogP contribution in [0.15, 0.2) is 18.3 Å². The number of carbonyl (C=O) groups is 1. The first-order valence-corrected chi connectivity index (χ1v) is 7.65. The van der Waals surface area contributed by atoms with E-state index < -0.39 is 9.84 Å². The molecule has 0 radical (unpaired) electrons. The van der Waals surface area contributed by atoms with Crippen LogP contribution in [-0.2, 0) is 16.3 Å².